The normalized spacial score (nSPS) is 14.5. The molecule has 0 aliphatic heterocycles. The van der Waals surface area contributed by atoms with Crippen LogP contribution >= 0.6 is 34.3 Å². The van der Waals surface area contributed by atoms with E-state index in [2.05, 4.69) is 25.8 Å². The lowest BCUT2D eigenvalue weighted by molar-refractivity contribution is -0.117. The summed E-state index contributed by atoms with van der Waals surface area (Å²) in [4.78, 5) is 28.8. The lowest BCUT2D eigenvalue weighted by Crippen LogP contribution is -2.15. The van der Waals surface area contributed by atoms with Crippen molar-refractivity contribution in [2.75, 3.05) is 10.6 Å². The monoisotopic (exact) mass is 473 g/mol. The Kier molecular flexibility index (Phi) is 5.13. The molecule has 1 saturated carbocycles. The van der Waals surface area contributed by atoms with Gasteiger partial charge in [-0.1, -0.05) is 22.9 Å². The Morgan fingerprint density at radius 2 is 2.03 bits per heavy atom. The van der Waals surface area contributed by atoms with Gasteiger partial charge in [0, 0.05) is 11.3 Å². The Bertz CT molecular complexity index is 1220. The van der Waals surface area contributed by atoms with Gasteiger partial charge in [-0.25, -0.2) is 13.4 Å². The minimum Gasteiger partial charge on any atom is -0.303 e. The Hall–Kier alpha value is -2.02. The smallest absolute Gasteiger partial charge is 0.268 e. The first-order valence-electron chi connectivity index (χ1n) is 8.66. The van der Waals surface area contributed by atoms with Crippen LogP contribution in [-0.4, -0.2) is 40.7 Å². The van der Waals surface area contributed by atoms with Gasteiger partial charge < -0.3 is 10.6 Å². The molecule has 1 fully saturated rings. The maximum Gasteiger partial charge on any atom is 0.268 e. The summed E-state index contributed by atoms with van der Waals surface area (Å²) < 4.78 is 25.3. The van der Waals surface area contributed by atoms with Gasteiger partial charge in [0.15, 0.2) is 26.4 Å². The van der Waals surface area contributed by atoms with Gasteiger partial charge >= 0.3 is 0 Å². The summed E-state index contributed by atoms with van der Waals surface area (Å²) in [5.74, 6) is -0.362. The average molecular weight is 474 g/mol. The van der Waals surface area contributed by atoms with Crippen LogP contribution in [0.5, 0.6) is 0 Å². The number of nitrogens with zero attached hydrogens (tertiary/aromatic N) is 2. The van der Waals surface area contributed by atoms with Crippen molar-refractivity contribution in [3.05, 3.63) is 15.3 Å². The topological polar surface area (TPSA) is 134 Å². The number of carbonyl (C=O) groups is 2. The molecule has 0 unspecified atom stereocenters. The van der Waals surface area contributed by atoms with Gasteiger partial charge in [-0.2, -0.15) is 5.10 Å². The van der Waals surface area contributed by atoms with E-state index in [9.17, 15) is 18.0 Å². The third-order valence-corrected chi connectivity index (χ3v) is 9.26. The van der Waals surface area contributed by atoms with E-state index >= 15 is 0 Å². The second-order valence-electron chi connectivity index (χ2n) is 6.82. The van der Waals surface area contributed by atoms with Crippen LogP contribution in [-0.2, 0) is 14.6 Å². The van der Waals surface area contributed by atoms with E-state index in [1.807, 2.05) is 0 Å². The van der Waals surface area contributed by atoms with Crippen molar-refractivity contribution >= 4 is 77.2 Å². The number of aromatic nitrogens is 3. The molecule has 3 aromatic heterocycles. The molecule has 1 aliphatic rings. The predicted octanol–water partition coefficient (Wildman–Crippen LogP) is 3.52. The lowest BCUT2D eigenvalue weighted by Gasteiger charge is -2.06. The number of hydrogen-bond donors (Lipinski definition) is 3. The summed E-state index contributed by atoms with van der Waals surface area (Å²) >= 11 is 8.32. The molecule has 0 bridgehead atoms. The number of hydrogen-bond acceptors (Lipinski definition) is 8. The predicted molar refractivity (Wildman–Crippen MR) is 113 cm³/mol. The van der Waals surface area contributed by atoms with Crippen molar-refractivity contribution < 1.29 is 18.0 Å². The van der Waals surface area contributed by atoms with E-state index in [-0.39, 0.29) is 32.4 Å². The fourth-order valence-corrected chi connectivity index (χ4v) is 6.34. The van der Waals surface area contributed by atoms with Gasteiger partial charge in [0.25, 0.3) is 5.91 Å². The number of amides is 2. The third-order valence-electron chi connectivity index (χ3n) is 4.36. The minimum atomic E-state index is -3.60. The highest BCUT2D eigenvalue weighted by atomic mass is 35.5. The highest BCUT2D eigenvalue weighted by Crippen LogP contribution is 2.36. The number of sulfone groups is 1. The number of thiazole rings is 1. The molecule has 0 aromatic carbocycles. The van der Waals surface area contributed by atoms with Crippen LogP contribution < -0.4 is 10.6 Å². The van der Waals surface area contributed by atoms with E-state index in [1.165, 1.54) is 16.7 Å². The molecule has 4 rings (SSSR count). The van der Waals surface area contributed by atoms with E-state index in [4.69, 9.17) is 11.6 Å². The van der Waals surface area contributed by atoms with Crippen LogP contribution in [0.3, 0.4) is 0 Å². The van der Waals surface area contributed by atoms with Gasteiger partial charge in [0.05, 0.1) is 15.2 Å². The summed E-state index contributed by atoms with van der Waals surface area (Å²) in [6.07, 6.45) is 1.77. The molecule has 0 radical (unpaired) electrons. The number of carbonyl (C=O) groups excluding carboxylic acids is 2. The summed E-state index contributed by atoms with van der Waals surface area (Å²) in [6, 6.07) is 0. The van der Waals surface area contributed by atoms with Crippen LogP contribution in [0, 0.1) is 5.92 Å². The van der Waals surface area contributed by atoms with E-state index < -0.39 is 21.0 Å². The standard InChI is InChI=1S/C16H16ClN5O4S3/c1-6(2)29(25,26)8-5-27-10(9(8)17)15(24)18-12-11-13(22-21-12)19-16(28-11)20-14(23)7-3-4-7/h5-7H,3-4H2,1-2H3,(H3,18,19,20,21,22,23,24). The van der Waals surface area contributed by atoms with Crippen LogP contribution in [0.25, 0.3) is 10.3 Å². The maximum atomic E-state index is 12.6. The number of aromatic amines is 1. The number of nitrogens with one attached hydrogen (secondary N) is 3. The zero-order valence-electron chi connectivity index (χ0n) is 15.3. The molecule has 3 N–H and O–H groups in total. The van der Waals surface area contributed by atoms with Gasteiger partial charge in [-0.05, 0) is 26.7 Å². The molecule has 2 amide bonds. The SMILES string of the molecule is CC(C)S(=O)(=O)c1csc(C(=O)Nc2n[nH]c3nc(NC(=O)C4CC4)sc23)c1Cl. The van der Waals surface area contributed by atoms with Crippen molar-refractivity contribution in [3.8, 4) is 0 Å². The number of halogens is 1. The molecule has 0 atom stereocenters. The Balaban J connectivity index is 1.56. The molecule has 0 spiro atoms. The summed E-state index contributed by atoms with van der Waals surface area (Å²) in [7, 11) is -3.60. The zero-order valence-corrected chi connectivity index (χ0v) is 18.5. The van der Waals surface area contributed by atoms with E-state index in [0.29, 0.717) is 15.5 Å². The number of fused-ring (bicyclic) bond motifs is 1. The highest BCUT2D eigenvalue weighted by molar-refractivity contribution is 7.92. The molecule has 3 heterocycles. The van der Waals surface area contributed by atoms with Crippen LogP contribution in [0.4, 0.5) is 10.9 Å². The maximum absolute atomic E-state index is 12.6. The van der Waals surface area contributed by atoms with Crippen molar-refractivity contribution in [2.45, 2.75) is 36.8 Å². The summed E-state index contributed by atoms with van der Waals surface area (Å²) in [5.41, 5.74) is 0.428. The molecule has 9 nitrogen and oxygen atoms in total. The first-order valence-corrected chi connectivity index (χ1v) is 12.3. The van der Waals surface area contributed by atoms with Gasteiger partial charge in [-0.15, -0.1) is 11.3 Å². The van der Waals surface area contributed by atoms with Crippen LogP contribution in [0.2, 0.25) is 5.02 Å². The number of H-pyrrole nitrogens is 1. The van der Waals surface area contributed by atoms with Crippen molar-refractivity contribution in [2.24, 2.45) is 5.92 Å². The molecule has 13 heteroatoms. The molecule has 3 aromatic rings. The van der Waals surface area contributed by atoms with Crippen LogP contribution in [0.15, 0.2) is 10.3 Å². The molecular weight excluding hydrogens is 458 g/mol. The Morgan fingerprint density at radius 1 is 1.31 bits per heavy atom. The highest BCUT2D eigenvalue weighted by Gasteiger charge is 2.31. The Morgan fingerprint density at radius 3 is 2.69 bits per heavy atom. The second-order valence-corrected chi connectivity index (χ2v) is 11.6. The number of anilines is 2. The summed E-state index contributed by atoms with van der Waals surface area (Å²) in [6.45, 7) is 3.10. The number of thiophene rings is 1. The van der Waals surface area contributed by atoms with Crippen LogP contribution in [0.1, 0.15) is 36.4 Å². The largest absolute Gasteiger partial charge is 0.303 e. The van der Waals surface area contributed by atoms with Crippen molar-refractivity contribution in [1.29, 1.82) is 0 Å². The van der Waals surface area contributed by atoms with E-state index in [0.717, 1.165) is 24.2 Å². The average Bonchev–Trinajstić information content (AvgIpc) is 3.18. The van der Waals surface area contributed by atoms with Crippen molar-refractivity contribution in [1.82, 2.24) is 15.2 Å². The fraction of sp³-hybridized carbons (Fsp3) is 0.375. The van der Waals surface area contributed by atoms with Gasteiger partial charge in [0.1, 0.15) is 9.58 Å². The second kappa shape index (κ2) is 7.35. The zero-order chi connectivity index (χ0) is 20.9. The van der Waals surface area contributed by atoms with Gasteiger partial charge in [-0.3, -0.25) is 14.7 Å². The fourth-order valence-electron chi connectivity index (χ4n) is 2.50. The molecule has 154 valence electrons. The molecule has 0 saturated heterocycles. The molecule has 1 aliphatic carbocycles. The van der Waals surface area contributed by atoms with E-state index in [1.54, 1.807) is 13.8 Å². The van der Waals surface area contributed by atoms with Gasteiger partial charge in [0.2, 0.25) is 5.91 Å². The molecule has 29 heavy (non-hydrogen) atoms. The van der Waals surface area contributed by atoms with Crippen molar-refractivity contribution in [3.63, 3.8) is 0 Å². The minimum absolute atomic E-state index is 0.0480. The summed E-state index contributed by atoms with van der Waals surface area (Å²) in [5, 5.41) is 13.1. The quantitative estimate of drug-likeness (QED) is 0.501. The number of rotatable bonds is 6. The Labute approximate surface area is 178 Å². The third kappa shape index (κ3) is 3.77. The molecular formula is C16H16ClN5O4S3. The first kappa shape index (κ1) is 20.3. The first-order chi connectivity index (χ1) is 13.7. The lowest BCUT2D eigenvalue weighted by atomic mass is 10.4.